The zero-order chi connectivity index (χ0) is 11.6. The lowest BCUT2D eigenvalue weighted by molar-refractivity contribution is 0.0696. The number of benzene rings is 1. The van der Waals surface area contributed by atoms with E-state index >= 15 is 0 Å². The zero-order valence-electron chi connectivity index (χ0n) is 7.25. The maximum atomic E-state index is 11.0. The molecule has 0 fully saturated rings. The molecule has 1 aromatic rings. The molecule has 0 amide bonds. The lowest BCUT2D eigenvalue weighted by Crippen LogP contribution is -2.05. The van der Waals surface area contributed by atoms with Crippen LogP contribution in [0.25, 0.3) is 0 Å². The molecule has 2 nitrogen and oxygen atoms in total. The van der Waals surface area contributed by atoms with Gasteiger partial charge in [-0.15, -0.1) is 0 Å². The minimum absolute atomic E-state index is 0.0723. The summed E-state index contributed by atoms with van der Waals surface area (Å²) in [4.78, 5) is 11.0. The minimum atomic E-state index is -0.934. The van der Waals surface area contributed by atoms with Crippen LogP contribution in [-0.2, 0) is 0 Å². The van der Waals surface area contributed by atoms with Gasteiger partial charge < -0.3 is 5.11 Å². The van der Waals surface area contributed by atoms with Gasteiger partial charge in [0.1, 0.15) is 0 Å². The average molecular weight is 466 g/mol. The van der Waals surface area contributed by atoms with Gasteiger partial charge >= 0.3 is 5.97 Å². The molecule has 1 N–H and O–H groups in total. The van der Waals surface area contributed by atoms with Crippen LogP contribution in [0.1, 0.15) is 29.0 Å². The molecule has 0 aliphatic heterocycles. The van der Waals surface area contributed by atoms with E-state index in [4.69, 9.17) is 5.11 Å². The summed E-state index contributed by atoms with van der Waals surface area (Å²) in [5, 5.41) is 9.05. The molecule has 0 aliphatic carbocycles. The summed E-state index contributed by atoms with van der Waals surface area (Å²) in [6.45, 7) is 0. The summed E-state index contributed by atoms with van der Waals surface area (Å²) in [7, 11) is 0. The smallest absolute Gasteiger partial charge is 0.336 e. The molecule has 0 unspecified atom stereocenters. The standard InChI is InChI=1S/C9H6Br4O2/c10-7(11)4-2-1-3-5(9(14)15)6(4)8(12)13/h1-3,7-8H,(H,14,15). The Bertz CT molecular complexity index is 376. The highest BCUT2D eigenvalue weighted by molar-refractivity contribution is 9.24. The van der Waals surface area contributed by atoms with Crippen LogP contribution in [0.2, 0.25) is 0 Å². The number of aromatic carboxylic acids is 1. The molecule has 1 rings (SSSR count). The Kier molecular flexibility index (Phi) is 5.28. The monoisotopic (exact) mass is 462 g/mol. The van der Waals surface area contributed by atoms with Crippen LogP contribution in [0.5, 0.6) is 0 Å². The van der Waals surface area contributed by atoms with Gasteiger partial charge in [-0.05, 0) is 17.2 Å². The lowest BCUT2D eigenvalue weighted by Gasteiger charge is -2.14. The maximum Gasteiger partial charge on any atom is 0.336 e. The predicted octanol–water partition coefficient (Wildman–Crippen LogP) is 4.96. The first-order valence-electron chi connectivity index (χ1n) is 3.87. The molecule has 0 heterocycles. The van der Waals surface area contributed by atoms with Crippen molar-refractivity contribution >= 4 is 69.7 Å². The molecular weight excluding hydrogens is 460 g/mol. The fraction of sp³-hybridized carbons (Fsp3) is 0.222. The zero-order valence-corrected chi connectivity index (χ0v) is 13.6. The van der Waals surface area contributed by atoms with Crippen LogP contribution < -0.4 is 0 Å². The molecule has 0 aromatic heterocycles. The molecule has 0 radical (unpaired) electrons. The van der Waals surface area contributed by atoms with Gasteiger partial charge in [0.05, 0.1) is 13.0 Å². The van der Waals surface area contributed by atoms with Crippen molar-refractivity contribution < 1.29 is 9.90 Å². The fourth-order valence-electron chi connectivity index (χ4n) is 1.20. The Hall–Kier alpha value is 0.610. The quantitative estimate of drug-likeness (QED) is 0.641. The topological polar surface area (TPSA) is 37.3 Å². The second kappa shape index (κ2) is 5.80. The summed E-state index contributed by atoms with van der Waals surface area (Å²) < 4.78 is -0.262. The number of carbonyl (C=O) groups is 1. The van der Waals surface area contributed by atoms with Crippen molar-refractivity contribution in [2.24, 2.45) is 0 Å². The van der Waals surface area contributed by atoms with Crippen LogP contribution in [0.15, 0.2) is 18.2 Å². The van der Waals surface area contributed by atoms with E-state index in [-0.39, 0.29) is 13.0 Å². The average Bonchev–Trinajstić information content (AvgIpc) is 2.16. The third-order valence-electron chi connectivity index (χ3n) is 1.82. The summed E-state index contributed by atoms with van der Waals surface area (Å²) in [5.74, 6) is -0.934. The number of carboxylic acids is 1. The van der Waals surface area contributed by atoms with E-state index in [9.17, 15) is 4.79 Å². The van der Waals surface area contributed by atoms with E-state index in [0.717, 1.165) is 5.56 Å². The van der Waals surface area contributed by atoms with E-state index in [0.29, 0.717) is 5.56 Å². The van der Waals surface area contributed by atoms with E-state index in [1.165, 1.54) is 0 Å². The molecule has 0 atom stereocenters. The Morgan fingerprint density at radius 1 is 1.13 bits per heavy atom. The normalized spacial score (nSPS) is 11.1. The van der Waals surface area contributed by atoms with Gasteiger partial charge in [-0.25, -0.2) is 4.79 Å². The summed E-state index contributed by atoms with van der Waals surface area (Å²) in [6.07, 6.45) is 0. The molecule has 15 heavy (non-hydrogen) atoms. The van der Waals surface area contributed by atoms with Crippen molar-refractivity contribution in [3.63, 3.8) is 0 Å². The molecule has 0 spiro atoms. The maximum absolute atomic E-state index is 11.0. The van der Waals surface area contributed by atoms with E-state index < -0.39 is 5.97 Å². The van der Waals surface area contributed by atoms with Gasteiger partial charge in [0, 0.05) is 0 Å². The molecule has 0 saturated carbocycles. The van der Waals surface area contributed by atoms with Crippen molar-refractivity contribution in [1.29, 1.82) is 0 Å². The number of rotatable bonds is 3. The summed E-state index contributed by atoms with van der Waals surface area (Å²) in [6, 6.07) is 5.17. The van der Waals surface area contributed by atoms with Crippen molar-refractivity contribution in [3.8, 4) is 0 Å². The molecule has 82 valence electrons. The highest BCUT2D eigenvalue weighted by Gasteiger charge is 2.20. The molecule has 0 aliphatic rings. The first-order chi connectivity index (χ1) is 6.95. The van der Waals surface area contributed by atoms with Crippen LogP contribution in [0, 0.1) is 0 Å². The highest BCUT2D eigenvalue weighted by Crippen LogP contribution is 2.41. The Morgan fingerprint density at radius 3 is 2.13 bits per heavy atom. The van der Waals surface area contributed by atoms with Gasteiger partial charge in [-0.3, -0.25) is 0 Å². The Balaban J connectivity index is 3.42. The van der Waals surface area contributed by atoms with Gasteiger partial charge in [0.15, 0.2) is 0 Å². The summed E-state index contributed by atoms with van der Waals surface area (Å²) in [5.41, 5.74) is 1.88. The van der Waals surface area contributed by atoms with Crippen molar-refractivity contribution in [1.82, 2.24) is 0 Å². The van der Waals surface area contributed by atoms with Gasteiger partial charge in [-0.2, -0.15) is 0 Å². The third kappa shape index (κ3) is 3.28. The van der Waals surface area contributed by atoms with Gasteiger partial charge in [0.2, 0.25) is 0 Å². The van der Waals surface area contributed by atoms with Crippen molar-refractivity contribution in [2.45, 2.75) is 7.47 Å². The summed E-state index contributed by atoms with van der Waals surface area (Å²) >= 11 is 13.4. The molecule has 0 bridgehead atoms. The van der Waals surface area contributed by atoms with E-state index in [1.54, 1.807) is 12.1 Å². The third-order valence-corrected chi connectivity index (χ3v) is 3.73. The number of carboxylic acid groups (broad SMARTS) is 1. The largest absolute Gasteiger partial charge is 0.478 e. The van der Waals surface area contributed by atoms with E-state index in [1.807, 2.05) is 6.07 Å². The second-order valence-corrected chi connectivity index (χ2v) is 8.84. The Labute approximate surface area is 121 Å². The van der Waals surface area contributed by atoms with Crippen molar-refractivity contribution in [3.05, 3.63) is 34.9 Å². The number of hydrogen-bond donors (Lipinski definition) is 1. The van der Waals surface area contributed by atoms with Gasteiger partial charge in [-0.1, -0.05) is 75.9 Å². The predicted molar refractivity (Wildman–Crippen MR) is 74.6 cm³/mol. The van der Waals surface area contributed by atoms with Gasteiger partial charge in [0.25, 0.3) is 0 Å². The molecule has 0 saturated heterocycles. The van der Waals surface area contributed by atoms with Crippen LogP contribution >= 0.6 is 63.7 Å². The van der Waals surface area contributed by atoms with Crippen LogP contribution in [-0.4, -0.2) is 11.1 Å². The second-order valence-electron chi connectivity index (χ2n) is 2.72. The molecular formula is C9H6Br4O2. The number of halogens is 4. The minimum Gasteiger partial charge on any atom is -0.478 e. The Morgan fingerprint density at radius 2 is 1.73 bits per heavy atom. The lowest BCUT2D eigenvalue weighted by atomic mass is 10.0. The van der Waals surface area contributed by atoms with Crippen LogP contribution in [0.3, 0.4) is 0 Å². The SMILES string of the molecule is O=C(O)c1cccc(C(Br)Br)c1C(Br)Br. The molecule has 6 heteroatoms. The van der Waals surface area contributed by atoms with Crippen molar-refractivity contribution in [2.75, 3.05) is 0 Å². The van der Waals surface area contributed by atoms with Crippen LogP contribution in [0.4, 0.5) is 0 Å². The first kappa shape index (κ1) is 13.7. The first-order valence-corrected chi connectivity index (χ1v) is 7.53. The highest BCUT2D eigenvalue weighted by atomic mass is 79.9. The molecule has 1 aromatic carbocycles. The van der Waals surface area contributed by atoms with E-state index in [2.05, 4.69) is 63.7 Å². The number of alkyl halides is 4. The number of hydrogen-bond acceptors (Lipinski definition) is 1. The fourth-order valence-corrected chi connectivity index (χ4v) is 3.02.